The highest BCUT2D eigenvalue weighted by atomic mass is 32.1. The molecule has 40 heavy (non-hydrogen) atoms. The number of benzene rings is 2. The number of carbonyl (C=O) groups excluding carboxylic acids is 1. The highest BCUT2D eigenvalue weighted by Gasteiger charge is 2.40. The second-order valence-corrected chi connectivity index (χ2v) is 10.5. The molecule has 4 aromatic rings. The number of methoxy groups -OCH3 is 2. The molecule has 5 rings (SSSR count). The van der Waals surface area contributed by atoms with Crippen molar-refractivity contribution in [3.05, 3.63) is 54.4 Å². The largest absolute Gasteiger partial charge is 0.467 e. The van der Waals surface area contributed by atoms with Gasteiger partial charge in [0, 0.05) is 31.0 Å². The van der Waals surface area contributed by atoms with Crippen molar-refractivity contribution >= 4 is 49.1 Å². The Morgan fingerprint density at radius 3 is 2.83 bits per heavy atom. The van der Waals surface area contributed by atoms with Crippen LogP contribution in [-0.2, 0) is 9.53 Å². The molecule has 1 aliphatic heterocycles. The number of hydrogen-bond donors (Lipinski definition) is 1. The molecule has 11 heteroatoms. The molecule has 0 spiro atoms. The van der Waals surface area contributed by atoms with Gasteiger partial charge in [0.15, 0.2) is 0 Å². The number of amides is 1. The topological polar surface area (TPSA) is 118 Å². The van der Waals surface area contributed by atoms with E-state index in [1.54, 1.807) is 18.1 Å². The Morgan fingerprint density at radius 1 is 1.35 bits per heavy atom. The number of nitrogens with two attached hydrogens (primary N) is 1. The van der Waals surface area contributed by atoms with Crippen LogP contribution in [0.15, 0.2) is 43.0 Å². The fourth-order valence-corrected chi connectivity index (χ4v) is 6.56. The summed E-state index contributed by atoms with van der Waals surface area (Å²) in [6, 6.07) is 10.8. The number of likely N-dealkylation sites (tertiary alicyclic amines) is 1. The number of rotatable bonds is 8. The highest BCUT2D eigenvalue weighted by molar-refractivity contribution is 7.23. The lowest BCUT2D eigenvalue weighted by Crippen LogP contribution is -2.49. The van der Waals surface area contributed by atoms with Crippen LogP contribution in [0.4, 0.5) is 15.2 Å². The molecule has 2 aromatic carbocycles. The van der Waals surface area contributed by atoms with Crippen molar-refractivity contribution in [2.45, 2.75) is 25.4 Å². The predicted molar refractivity (Wildman–Crippen MR) is 155 cm³/mol. The number of aromatic nitrogens is 2. The number of anilines is 2. The molecule has 3 heterocycles. The highest BCUT2D eigenvalue weighted by Crippen LogP contribution is 2.42. The van der Waals surface area contributed by atoms with Crippen LogP contribution in [-0.4, -0.2) is 66.8 Å². The van der Waals surface area contributed by atoms with Crippen molar-refractivity contribution in [2.24, 2.45) is 0 Å². The quantitative estimate of drug-likeness (QED) is 0.307. The summed E-state index contributed by atoms with van der Waals surface area (Å²) in [6.07, 6.45) is 2.06. The zero-order valence-corrected chi connectivity index (χ0v) is 23.3. The average Bonchev–Trinajstić information content (AvgIpc) is 3.53. The van der Waals surface area contributed by atoms with E-state index in [1.165, 1.54) is 19.3 Å². The monoisotopic (exact) mass is 560 g/mol. The number of likely N-dealkylation sites (N-methyl/N-ethyl adjacent to an activating group) is 1. The van der Waals surface area contributed by atoms with E-state index in [9.17, 15) is 14.4 Å². The van der Waals surface area contributed by atoms with E-state index < -0.39 is 5.82 Å². The van der Waals surface area contributed by atoms with Crippen molar-refractivity contribution in [1.29, 1.82) is 5.26 Å². The summed E-state index contributed by atoms with van der Waals surface area (Å²) in [5, 5.41) is 11.3. The van der Waals surface area contributed by atoms with Crippen LogP contribution in [0.2, 0.25) is 0 Å². The lowest BCUT2D eigenvalue weighted by molar-refractivity contribution is -0.127. The average molecular weight is 561 g/mol. The minimum atomic E-state index is -0.422. The molecule has 1 aliphatic rings. The third-order valence-electron chi connectivity index (χ3n) is 7.40. The predicted octanol–water partition coefficient (Wildman–Crippen LogP) is 4.74. The standard InChI is InChI=1S/C29H29FN6O3S/c1-5-24(37)36-12-11-22(23(36)15-38-3)35(6-2)28-18-8-7-16(13-21(18)33-29(34-28)39-4)17-9-10-20(30)26-25(17)19(14-31)27(32)40-26/h5,7-10,13,22-23H,1,6,11-12,15,32H2,2-4H3/t22-,23-/m1/s1. The molecule has 0 saturated carbocycles. The Labute approximate surface area is 235 Å². The Hall–Kier alpha value is -4.27. The molecule has 9 nitrogen and oxygen atoms in total. The number of nitriles is 1. The van der Waals surface area contributed by atoms with Crippen LogP contribution in [0.5, 0.6) is 6.01 Å². The van der Waals surface area contributed by atoms with Gasteiger partial charge in [0.1, 0.15) is 22.7 Å². The number of fused-ring (bicyclic) bond motifs is 2. The fourth-order valence-electron chi connectivity index (χ4n) is 5.62. The Morgan fingerprint density at radius 2 is 2.15 bits per heavy atom. The number of nitrogens with zero attached hydrogens (tertiary/aromatic N) is 5. The molecule has 0 bridgehead atoms. The van der Waals surface area contributed by atoms with Gasteiger partial charge in [-0.05, 0) is 48.7 Å². The van der Waals surface area contributed by atoms with Crippen LogP contribution < -0.4 is 15.4 Å². The van der Waals surface area contributed by atoms with Crippen molar-refractivity contribution in [2.75, 3.05) is 44.5 Å². The summed E-state index contributed by atoms with van der Waals surface area (Å²) in [7, 11) is 3.13. The van der Waals surface area contributed by atoms with Crippen molar-refractivity contribution in [1.82, 2.24) is 14.9 Å². The Bertz CT molecular complexity index is 1670. The normalized spacial score (nSPS) is 16.8. The molecule has 1 fully saturated rings. The lowest BCUT2D eigenvalue weighted by atomic mass is 9.98. The van der Waals surface area contributed by atoms with Gasteiger partial charge in [-0.2, -0.15) is 15.2 Å². The fraction of sp³-hybridized carbons (Fsp3) is 0.310. The van der Waals surface area contributed by atoms with Crippen LogP contribution in [0, 0.1) is 17.1 Å². The number of carbonyl (C=O) groups is 1. The van der Waals surface area contributed by atoms with E-state index in [2.05, 4.69) is 22.5 Å². The van der Waals surface area contributed by atoms with Crippen LogP contribution in [0.1, 0.15) is 18.9 Å². The number of halogens is 1. The molecular formula is C29H29FN6O3S. The third kappa shape index (κ3) is 4.49. The molecule has 0 radical (unpaired) electrons. The van der Waals surface area contributed by atoms with Gasteiger partial charge in [-0.1, -0.05) is 18.7 Å². The van der Waals surface area contributed by atoms with E-state index in [1.807, 2.05) is 25.1 Å². The van der Waals surface area contributed by atoms with Gasteiger partial charge in [-0.25, -0.2) is 4.39 Å². The lowest BCUT2D eigenvalue weighted by Gasteiger charge is -2.35. The second-order valence-electron chi connectivity index (χ2n) is 9.42. The number of hydrogen-bond acceptors (Lipinski definition) is 9. The summed E-state index contributed by atoms with van der Waals surface area (Å²) < 4.78 is 26.0. The summed E-state index contributed by atoms with van der Waals surface area (Å²) in [6.45, 7) is 7.26. The summed E-state index contributed by atoms with van der Waals surface area (Å²) in [5.74, 6) is 0.122. The maximum Gasteiger partial charge on any atom is 0.318 e. The van der Waals surface area contributed by atoms with E-state index in [0.29, 0.717) is 46.7 Å². The van der Waals surface area contributed by atoms with Crippen molar-refractivity contribution < 1.29 is 18.7 Å². The SMILES string of the molecule is C=CC(=O)N1CC[C@@H](N(CC)c2nc(OC)nc3cc(-c4ccc(F)c5sc(N)c(C#N)c45)ccc23)[C@H]1COC. The van der Waals surface area contributed by atoms with Crippen molar-refractivity contribution in [3.8, 4) is 23.2 Å². The Balaban J connectivity index is 1.65. The molecule has 1 amide bonds. The van der Waals surface area contributed by atoms with E-state index in [4.69, 9.17) is 20.2 Å². The molecule has 206 valence electrons. The zero-order valence-electron chi connectivity index (χ0n) is 22.5. The Kier molecular flexibility index (Phi) is 7.56. The number of nitrogen functional groups attached to an aromatic ring is 1. The smallest absolute Gasteiger partial charge is 0.318 e. The first kappa shape index (κ1) is 27.3. The first-order valence-electron chi connectivity index (χ1n) is 12.8. The van der Waals surface area contributed by atoms with E-state index >= 15 is 0 Å². The summed E-state index contributed by atoms with van der Waals surface area (Å²) >= 11 is 1.06. The van der Waals surface area contributed by atoms with Gasteiger partial charge in [0.05, 0.1) is 41.6 Å². The molecular weight excluding hydrogens is 531 g/mol. The van der Waals surface area contributed by atoms with Gasteiger partial charge in [0.25, 0.3) is 0 Å². The van der Waals surface area contributed by atoms with Crippen LogP contribution in [0.25, 0.3) is 32.1 Å². The summed E-state index contributed by atoms with van der Waals surface area (Å²) in [5.41, 5.74) is 8.37. The van der Waals surface area contributed by atoms with Gasteiger partial charge in [-0.15, -0.1) is 11.3 Å². The first-order valence-corrected chi connectivity index (χ1v) is 13.6. The molecule has 2 atom stereocenters. The van der Waals surface area contributed by atoms with Gasteiger partial charge in [0.2, 0.25) is 5.91 Å². The first-order chi connectivity index (χ1) is 19.4. The summed E-state index contributed by atoms with van der Waals surface area (Å²) in [4.78, 5) is 25.9. The van der Waals surface area contributed by atoms with Crippen LogP contribution >= 0.6 is 11.3 Å². The minimum absolute atomic E-state index is 0.0555. The molecule has 2 aromatic heterocycles. The van der Waals surface area contributed by atoms with Crippen LogP contribution in [0.3, 0.4) is 0 Å². The van der Waals surface area contributed by atoms with E-state index in [0.717, 1.165) is 28.7 Å². The van der Waals surface area contributed by atoms with E-state index in [-0.39, 0.29) is 34.6 Å². The van der Waals surface area contributed by atoms with Crippen molar-refractivity contribution in [3.63, 3.8) is 0 Å². The molecule has 0 aliphatic carbocycles. The minimum Gasteiger partial charge on any atom is -0.467 e. The third-order valence-corrected chi connectivity index (χ3v) is 8.43. The number of thiophene rings is 1. The maximum atomic E-state index is 14.6. The van der Waals surface area contributed by atoms with Gasteiger partial charge < -0.3 is 25.0 Å². The second kappa shape index (κ2) is 11.1. The zero-order chi connectivity index (χ0) is 28.6. The molecule has 0 unspecified atom stereocenters. The maximum absolute atomic E-state index is 14.6. The molecule has 2 N–H and O–H groups in total. The van der Waals surface area contributed by atoms with Gasteiger partial charge >= 0.3 is 6.01 Å². The number of ether oxygens (including phenoxy) is 2. The van der Waals surface area contributed by atoms with Gasteiger partial charge in [-0.3, -0.25) is 4.79 Å². The molecule has 1 saturated heterocycles.